The van der Waals surface area contributed by atoms with Gasteiger partial charge in [-0.05, 0) is 37.5 Å². The summed E-state index contributed by atoms with van der Waals surface area (Å²) in [6.07, 6.45) is 2.55. The number of ether oxygens (including phenoxy) is 3. The van der Waals surface area contributed by atoms with Crippen LogP contribution in [0.1, 0.15) is 25.3 Å². The zero-order valence-electron chi connectivity index (χ0n) is 14.6. The van der Waals surface area contributed by atoms with Crippen LogP contribution in [-0.4, -0.2) is 46.0 Å². The molecule has 1 fully saturated rings. The number of rotatable bonds is 7. The van der Waals surface area contributed by atoms with Crippen LogP contribution in [-0.2, 0) is 11.3 Å². The van der Waals surface area contributed by atoms with Gasteiger partial charge in [0.1, 0.15) is 0 Å². The minimum atomic E-state index is 0. The number of benzene rings is 1. The third kappa shape index (κ3) is 6.35. The Morgan fingerprint density at radius 3 is 2.67 bits per heavy atom. The molecule has 0 aliphatic carbocycles. The lowest BCUT2D eigenvalue weighted by Crippen LogP contribution is -2.41. The van der Waals surface area contributed by atoms with Gasteiger partial charge in [-0.15, -0.1) is 24.0 Å². The molecule has 2 rings (SSSR count). The highest BCUT2D eigenvalue weighted by Crippen LogP contribution is 2.27. The smallest absolute Gasteiger partial charge is 0.191 e. The largest absolute Gasteiger partial charge is 0.493 e. The van der Waals surface area contributed by atoms with Crippen molar-refractivity contribution < 1.29 is 14.2 Å². The van der Waals surface area contributed by atoms with Crippen molar-refractivity contribution in [1.29, 1.82) is 0 Å². The molecule has 1 heterocycles. The maximum atomic E-state index is 5.62. The molecule has 0 aromatic heterocycles. The first-order valence-corrected chi connectivity index (χ1v) is 8.11. The van der Waals surface area contributed by atoms with Gasteiger partial charge in [0, 0.05) is 19.7 Å². The zero-order chi connectivity index (χ0) is 16.5. The Hall–Kier alpha value is -1.22. The van der Waals surface area contributed by atoms with E-state index in [2.05, 4.69) is 22.5 Å². The summed E-state index contributed by atoms with van der Waals surface area (Å²) in [5.41, 5.74) is 1.07. The zero-order valence-corrected chi connectivity index (χ0v) is 17.0. The molecule has 2 N–H and O–H groups in total. The predicted octanol–water partition coefficient (Wildman–Crippen LogP) is 2.56. The molecule has 0 bridgehead atoms. The number of aliphatic imine (C=N–C) groups is 1. The van der Waals surface area contributed by atoms with E-state index >= 15 is 0 Å². The van der Waals surface area contributed by atoms with Crippen molar-refractivity contribution >= 4 is 29.9 Å². The first kappa shape index (κ1) is 20.8. The summed E-state index contributed by atoms with van der Waals surface area (Å²) in [6.45, 7) is 5.10. The van der Waals surface area contributed by atoms with Crippen molar-refractivity contribution in [2.24, 2.45) is 4.99 Å². The van der Waals surface area contributed by atoms with Gasteiger partial charge in [0.05, 0.1) is 26.9 Å². The molecule has 1 aromatic rings. The minimum absolute atomic E-state index is 0. The molecular formula is C17H28IN3O3. The molecule has 6 nitrogen and oxygen atoms in total. The van der Waals surface area contributed by atoms with Crippen molar-refractivity contribution in [3.63, 3.8) is 0 Å². The fourth-order valence-corrected chi connectivity index (χ4v) is 2.51. The van der Waals surface area contributed by atoms with Crippen molar-refractivity contribution in [2.75, 3.05) is 33.9 Å². The molecule has 1 saturated heterocycles. The van der Waals surface area contributed by atoms with Gasteiger partial charge in [0.15, 0.2) is 17.5 Å². The number of nitrogens with zero attached hydrogens (tertiary/aromatic N) is 1. The number of hydrogen-bond acceptors (Lipinski definition) is 4. The fourth-order valence-electron chi connectivity index (χ4n) is 2.51. The van der Waals surface area contributed by atoms with Crippen molar-refractivity contribution in [1.82, 2.24) is 10.6 Å². The molecule has 1 unspecified atom stereocenters. The number of methoxy groups -OCH3 is 2. The van der Waals surface area contributed by atoms with Crippen LogP contribution in [0.5, 0.6) is 11.5 Å². The summed E-state index contributed by atoms with van der Waals surface area (Å²) >= 11 is 0. The number of nitrogens with one attached hydrogen (secondary N) is 2. The van der Waals surface area contributed by atoms with Gasteiger partial charge in [0.2, 0.25) is 0 Å². The van der Waals surface area contributed by atoms with E-state index in [1.165, 1.54) is 0 Å². The van der Waals surface area contributed by atoms with E-state index < -0.39 is 0 Å². The summed E-state index contributed by atoms with van der Waals surface area (Å²) in [6, 6.07) is 5.84. The molecule has 0 saturated carbocycles. The van der Waals surface area contributed by atoms with Crippen molar-refractivity contribution in [3.05, 3.63) is 23.8 Å². The fraction of sp³-hybridized carbons (Fsp3) is 0.588. The lowest BCUT2D eigenvalue weighted by Gasteiger charge is -2.15. The molecule has 1 atom stereocenters. The second kappa shape index (κ2) is 11.4. The Bertz CT molecular complexity index is 520. The average Bonchev–Trinajstić information content (AvgIpc) is 3.10. The molecule has 136 valence electrons. The van der Waals surface area contributed by atoms with Gasteiger partial charge >= 0.3 is 0 Å². The van der Waals surface area contributed by atoms with Gasteiger partial charge in [-0.3, -0.25) is 0 Å². The van der Waals surface area contributed by atoms with E-state index in [0.29, 0.717) is 12.6 Å². The van der Waals surface area contributed by atoms with Gasteiger partial charge in [0.25, 0.3) is 0 Å². The van der Waals surface area contributed by atoms with Crippen molar-refractivity contribution in [2.45, 2.75) is 32.4 Å². The van der Waals surface area contributed by atoms with E-state index in [-0.39, 0.29) is 24.0 Å². The molecule has 1 aliphatic rings. The summed E-state index contributed by atoms with van der Waals surface area (Å²) in [4.78, 5) is 4.62. The van der Waals surface area contributed by atoms with Gasteiger partial charge in [-0.2, -0.15) is 0 Å². The van der Waals surface area contributed by atoms with E-state index in [1.807, 2.05) is 18.2 Å². The Labute approximate surface area is 161 Å². The van der Waals surface area contributed by atoms with Crippen LogP contribution in [0.15, 0.2) is 23.2 Å². The van der Waals surface area contributed by atoms with Crippen LogP contribution < -0.4 is 20.1 Å². The normalized spacial score (nSPS) is 17.1. The van der Waals surface area contributed by atoms with E-state index in [4.69, 9.17) is 14.2 Å². The van der Waals surface area contributed by atoms with Gasteiger partial charge in [-0.25, -0.2) is 4.99 Å². The third-order valence-corrected chi connectivity index (χ3v) is 3.73. The topological polar surface area (TPSA) is 64.1 Å². The van der Waals surface area contributed by atoms with Crippen LogP contribution in [0.25, 0.3) is 0 Å². The van der Waals surface area contributed by atoms with Gasteiger partial charge in [-0.1, -0.05) is 6.07 Å². The molecule has 1 aliphatic heterocycles. The molecule has 7 heteroatoms. The van der Waals surface area contributed by atoms with E-state index in [1.54, 1.807) is 14.2 Å². The molecule has 1 aromatic carbocycles. The van der Waals surface area contributed by atoms with Gasteiger partial charge < -0.3 is 24.8 Å². The second-order valence-corrected chi connectivity index (χ2v) is 5.40. The lowest BCUT2D eigenvalue weighted by atomic mass is 10.2. The second-order valence-electron chi connectivity index (χ2n) is 5.40. The van der Waals surface area contributed by atoms with Crippen LogP contribution >= 0.6 is 24.0 Å². The Morgan fingerprint density at radius 1 is 1.25 bits per heavy atom. The molecule has 24 heavy (non-hydrogen) atoms. The summed E-state index contributed by atoms with van der Waals surface area (Å²) < 4.78 is 16.2. The van der Waals surface area contributed by atoms with Crippen LogP contribution in [0.2, 0.25) is 0 Å². The lowest BCUT2D eigenvalue weighted by molar-refractivity contribution is 0.114. The quantitative estimate of drug-likeness (QED) is 0.381. The Kier molecular flexibility index (Phi) is 9.85. The summed E-state index contributed by atoms with van der Waals surface area (Å²) in [5, 5.41) is 6.60. The predicted molar refractivity (Wildman–Crippen MR) is 107 cm³/mol. The maximum Gasteiger partial charge on any atom is 0.191 e. The van der Waals surface area contributed by atoms with E-state index in [0.717, 1.165) is 55.6 Å². The Morgan fingerprint density at radius 2 is 2.04 bits per heavy atom. The molecule has 0 amide bonds. The summed E-state index contributed by atoms with van der Waals surface area (Å²) in [7, 11) is 3.27. The highest BCUT2D eigenvalue weighted by Gasteiger charge is 2.15. The molecular weight excluding hydrogens is 421 g/mol. The first-order valence-electron chi connectivity index (χ1n) is 8.11. The Balaban J connectivity index is 0.00000288. The monoisotopic (exact) mass is 449 g/mol. The van der Waals surface area contributed by atoms with Crippen molar-refractivity contribution in [3.8, 4) is 11.5 Å². The summed E-state index contributed by atoms with van der Waals surface area (Å²) in [5.74, 6) is 2.25. The highest BCUT2D eigenvalue weighted by atomic mass is 127. The minimum Gasteiger partial charge on any atom is -0.493 e. The van der Waals surface area contributed by atoms with Crippen LogP contribution in [0.3, 0.4) is 0 Å². The third-order valence-electron chi connectivity index (χ3n) is 3.73. The highest BCUT2D eigenvalue weighted by molar-refractivity contribution is 14.0. The standard InChI is InChI=1S/C17H27N3O3.HI/c1-4-18-17(20-12-14-6-5-9-23-14)19-11-13-7-8-15(21-2)16(10-13)22-3;/h7-8,10,14H,4-6,9,11-12H2,1-3H3,(H2,18,19,20);1H. The van der Waals surface area contributed by atoms with Crippen LogP contribution in [0.4, 0.5) is 0 Å². The number of guanidine groups is 1. The number of halogens is 1. The number of hydrogen-bond donors (Lipinski definition) is 2. The molecule has 0 spiro atoms. The first-order chi connectivity index (χ1) is 11.3. The van der Waals surface area contributed by atoms with Crippen LogP contribution in [0, 0.1) is 0 Å². The average molecular weight is 449 g/mol. The van der Waals surface area contributed by atoms with E-state index in [9.17, 15) is 0 Å². The molecule has 0 radical (unpaired) electrons. The maximum absolute atomic E-state index is 5.62. The SMILES string of the molecule is CCNC(=NCc1ccc(OC)c(OC)c1)NCC1CCCO1.I.